The average molecular weight is 296 g/mol. The Kier molecular flexibility index (Phi) is 6.21. The largest absolute Gasteiger partial charge is 0.462 e. The standard InChI is InChI=1S/C16H24O5/c17-14(16(19)21-13-9-5-2-6-10-13)11-15(18)20-12-7-3-1-4-8-12/h12-13H,1-11H2. The number of hydrogen-bond acceptors (Lipinski definition) is 5. The summed E-state index contributed by atoms with van der Waals surface area (Å²) >= 11 is 0. The highest BCUT2D eigenvalue weighted by Gasteiger charge is 2.26. The van der Waals surface area contributed by atoms with E-state index in [2.05, 4.69) is 0 Å². The molecule has 0 aromatic carbocycles. The molecule has 2 saturated carbocycles. The van der Waals surface area contributed by atoms with E-state index < -0.39 is 24.1 Å². The van der Waals surface area contributed by atoms with E-state index in [0.29, 0.717) is 0 Å². The lowest BCUT2D eigenvalue weighted by Gasteiger charge is -2.22. The van der Waals surface area contributed by atoms with Gasteiger partial charge in [-0.25, -0.2) is 4.79 Å². The number of ketones is 1. The van der Waals surface area contributed by atoms with Gasteiger partial charge in [0.15, 0.2) is 0 Å². The molecule has 5 nitrogen and oxygen atoms in total. The number of ether oxygens (including phenoxy) is 2. The van der Waals surface area contributed by atoms with Gasteiger partial charge < -0.3 is 9.47 Å². The maximum absolute atomic E-state index is 11.7. The number of hydrogen-bond donors (Lipinski definition) is 0. The van der Waals surface area contributed by atoms with Crippen molar-refractivity contribution < 1.29 is 23.9 Å². The third kappa shape index (κ3) is 5.48. The second kappa shape index (κ2) is 8.15. The molecule has 2 fully saturated rings. The van der Waals surface area contributed by atoms with E-state index in [1.165, 1.54) is 6.42 Å². The summed E-state index contributed by atoms with van der Waals surface area (Å²) < 4.78 is 10.4. The van der Waals surface area contributed by atoms with Crippen molar-refractivity contribution in [1.29, 1.82) is 0 Å². The molecule has 0 atom stereocenters. The Bertz CT molecular complexity index is 378. The first-order chi connectivity index (χ1) is 10.1. The van der Waals surface area contributed by atoms with E-state index >= 15 is 0 Å². The molecule has 118 valence electrons. The fourth-order valence-corrected chi connectivity index (χ4v) is 3.01. The van der Waals surface area contributed by atoms with E-state index in [4.69, 9.17) is 9.47 Å². The van der Waals surface area contributed by atoms with Crippen LogP contribution < -0.4 is 0 Å². The molecule has 2 aliphatic rings. The van der Waals surface area contributed by atoms with E-state index in [-0.39, 0.29) is 12.2 Å². The molecule has 2 aliphatic carbocycles. The number of carbonyl (C=O) groups is 3. The van der Waals surface area contributed by atoms with E-state index in [1.807, 2.05) is 0 Å². The van der Waals surface area contributed by atoms with Crippen molar-refractivity contribution in [2.75, 3.05) is 0 Å². The fourth-order valence-electron chi connectivity index (χ4n) is 3.01. The van der Waals surface area contributed by atoms with Crippen LogP contribution in [0.2, 0.25) is 0 Å². The first-order valence-electron chi connectivity index (χ1n) is 8.08. The van der Waals surface area contributed by atoms with Crippen LogP contribution in [0.3, 0.4) is 0 Å². The molecule has 0 N–H and O–H groups in total. The highest BCUT2D eigenvalue weighted by atomic mass is 16.6. The lowest BCUT2D eigenvalue weighted by Crippen LogP contribution is -2.29. The monoisotopic (exact) mass is 296 g/mol. The number of esters is 2. The van der Waals surface area contributed by atoms with E-state index in [9.17, 15) is 14.4 Å². The summed E-state index contributed by atoms with van der Waals surface area (Å²) in [6, 6.07) is 0. The Hall–Kier alpha value is -1.39. The average Bonchev–Trinajstić information content (AvgIpc) is 2.49. The first kappa shape index (κ1) is 16.0. The van der Waals surface area contributed by atoms with Gasteiger partial charge in [-0.05, 0) is 51.4 Å². The summed E-state index contributed by atoms with van der Waals surface area (Å²) in [6.45, 7) is 0. The predicted molar refractivity (Wildman–Crippen MR) is 75.6 cm³/mol. The Labute approximate surface area is 125 Å². The highest BCUT2D eigenvalue weighted by Crippen LogP contribution is 2.22. The minimum Gasteiger partial charge on any atom is -0.462 e. The van der Waals surface area contributed by atoms with Gasteiger partial charge in [-0.1, -0.05) is 12.8 Å². The van der Waals surface area contributed by atoms with Crippen LogP contribution in [-0.2, 0) is 23.9 Å². The first-order valence-corrected chi connectivity index (χ1v) is 8.08. The zero-order valence-corrected chi connectivity index (χ0v) is 12.5. The lowest BCUT2D eigenvalue weighted by atomic mass is 9.98. The number of Topliss-reactive ketones (excluding diaryl/α,β-unsaturated/α-hetero) is 1. The molecule has 21 heavy (non-hydrogen) atoms. The van der Waals surface area contributed by atoms with Gasteiger partial charge in [-0.15, -0.1) is 0 Å². The SMILES string of the molecule is O=C(CC(=O)C(=O)OC1CCCCC1)OC1CCCCC1. The molecule has 0 aromatic rings. The molecule has 2 rings (SSSR count). The molecule has 0 aliphatic heterocycles. The summed E-state index contributed by atoms with van der Waals surface area (Å²) in [6.07, 6.45) is 9.05. The molecular weight excluding hydrogens is 272 g/mol. The predicted octanol–water partition coefficient (Wildman–Crippen LogP) is 2.70. The van der Waals surface area contributed by atoms with E-state index in [0.717, 1.165) is 57.8 Å². The third-order valence-corrected chi connectivity index (χ3v) is 4.21. The van der Waals surface area contributed by atoms with Gasteiger partial charge >= 0.3 is 11.9 Å². The number of rotatable bonds is 5. The molecule has 0 amide bonds. The van der Waals surface area contributed by atoms with Crippen molar-refractivity contribution in [2.45, 2.75) is 82.8 Å². The second-order valence-electron chi connectivity index (χ2n) is 6.02. The van der Waals surface area contributed by atoms with Gasteiger partial charge in [0.2, 0.25) is 0 Å². The maximum atomic E-state index is 11.7. The van der Waals surface area contributed by atoms with E-state index in [1.54, 1.807) is 0 Å². The zero-order valence-electron chi connectivity index (χ0n) is 12.5. The normalized spacial score (nSPS) is 20.8. The van der Waals surface area contributed by atoms with Crippen LogP contribution >= 0.6 is 0 Å². The highest BCUT2D eigenvalue weighted by molar-refractivity contribution is 6.36. The van der Waals surface area contributed by atoms with Gasteiger partial charge in [0.05, 0.1) is 0 Å². The lowest BCUT2D eigenvalue weighted by molar-refractivity contribution is -0.163. The summed E-state index contributed by atoms with van der Waals surface area (Å²) in [5.74, 6) is -2.28. The third-order valence-electron chi connectivity index (χ3n) is 4.21. The van der Waals surface area contributed by atoms with Crippen LogP contribution in [0.15, 0.2) is 0 Å². The van der Waals surface area contributed by atoms with Crippen LogP contribution in [0.5, 0.6) is 0 Å². The number of carbonyl (C=O) groups excluding carboxylic acids is 3. The molecule has 0 saturated heterocycles. The Balaban J connectivity index is 1.69. The molecule has 0 heterocycles. The maximum Gasteiger partial charge on any atom is 0.375 e. The van der Waals surface area contributed by atoms with Crippen molar-refractivity contribution in [3.05, 3.63) is 0 Å². The summed E-state index contributed by atoms with van der Waals surface area (Å²) in [5.41, 5.74) is 0. The molecule has 0 spiro atoms. The zero-order chi connectivity index (χ0) is 15.1. The van der Waals surface area contributed by atoms with Crippen LogP contribution in [0.25, 0.3) is 0 Å². The summed E-state index contributed by atoms with van der Waals surface area (Å²) in [5, 5.41) is 0. The smallest absolute Gasteiger partial charge is 0.375 e. The molecule has 0 unspecified atom stereocenters. The molecule has 0 radical (unpaired) electrons. The molecule has 5 heteroatoms. The molecule has 0 aromatic heterocycles. The van der Waals surface area contributed by atoms with Crippen LogP contribution in [0, 0.1) is 0 Å². The van der Waals surface area contributed by atoms with Gasteiger partial charge in [-0.3, -0.25) is 9.59 Å². The van der Waals surface area contributed by atoms with Gasteiger partial charge in [0.25, 0.3) is 5.78 Å². The van der Waals surface area contributed by atoms with Crippen molar-refractivity contribution in [3.63, 3.8) is 0 Å². The van der Waals surface area contributed by atoms with Crippen molar-refractivity contribution in [1.82, 2.24) is 0 Å². The Morgan fingerprint density at radius 2 is 1.19 bits per heavy atom. The second-order valence-corrected chi connectivity index (χ2v) is 6.02. The quantitative estimate of drug-likeness (QED) is 0.443. The molecular formula is C16H24O5. The topological polar surface area (TPSA) is 69.7 Å². The summed E-state index contributed by atoms with van der Waals surface area (Å²) in [7, 11) is 0. The summed E-state index contributed by atoms with van der Waals surface area (Å²) in [4.78, 5) is 35.0. The van der Waals surface area contributed by atoms with Crippen molar-refractivity contribution in [3.8, 4) is 0 Å². The van der Waals surface area contributed by atoms with Gasteiger partial charge in [-0.2, -0.15) is 0 Å². The van der Waals surface area contributed by atoms with Crippen molar-refractivity contribution in [2.24, 2.45) is 0 Å². The van der Waals surface area contributed by atoms with Crippen molar-refractivity contribution >= 4 is 17.7 Å². The minimum atomic E-state index is -0.887. The van der Waals surface area contributed by atoms with Crippen LogP contribution in [-0.4, -0.2) is 29.9 Å². The Morgan fingerprint density at radius 3 is 1.71 bits per heavy atom. The minimum absolute atomic E-state index is 0.0894. The van der Waals surface area contributed by atoms with Crippen LogP contribution in [0.4, 0.5) is 0 Å². The fraction of sp³-hybridized carbons (Fsp3) is 0.812. The Morgan fingerprint density at radius 1 is 0.714 bits per heavy atom. The van der Waals surface area contributed by atoms with Crippen LogP contribution in [0.1, 0.15) is 70.6 Å². The van der Waals surface area contributed by atoms with Gasteiger partial charge in [0.1, 0.15) is 18.6 Å². The molecule has 0 bridgehead atoms. The van der Waals surface area contributed by atoms with Gasteiger partial charge in [0, 0.05) is 0 Å².